The van der Waals surface area contributed by atoms with Gasteiger partial charge >= 0.3 is 0 Å². The van der Waals surface area contributed by atoms with E-state index in [-0.39, 0.29) is 5.82 Å². The predicted molar refractivity (Wildman–Crippen MR) is 131 cm³/mol. The summed E-state index contributed by atoms with van der Waals surface area (Å²) in [5.41, 5.74) is 3.75. The van der Waals surface area contributed by atoms with Crippen LogP contribution in [-0.4, -0.2) is 56.7 Å². The van der Waals surface area contributed by atoms with Gasteiger partial charge in [-0.2, -0.15) is 0 Å². The summed E-state index contributed by atoms with van der Waals surface area (Å²) >= 11 is 0. The van der Waals surface area contributed by atoms with Gasteiger partial charge in [0.25, 0.3) is 0 Å². The number of nitrogens with zero attached hydrogens (tertiary/aromatic N) is 2. The number of hydrogen-bond donors (Lipinski definition) is 0. The molecular weight excluding hydrogens is 415 g/mol. The summed E-state index contributed by atoms with van der Waals surface area (Å²) in [4.78, 5) is 5.11. The molecule has 1 atom stereocenters. The van der Waals surface area contributed by atoms with Gasteiger partial charge in [-0.05, 0) is 53.8 Å². The molecule has 1 unspecified atom stereocenters. The van der Waals surface area contributed by atoms with Gasteiger partial charge in [0.15, 0.2) is 11.5 Å². The maximum atomic E-state index is 13.4. The van der Waals surface area contributed by atoms with Crippen LogP contribution in [0.15, 0.2) is 72.8 Å². The maximum Gasteiger partial charge on any atom is 0.160 e. The average Bonchev–Trinajstić information content (AvgIpc) is 2.88. The molecule has 0 radical (unpaired) electrons. The Hall–Kier alpha value is -2.89. The molecule has 0 bridgehead atoms. The molecule has 33 heavy (non-hydrogen) atoms. The molecule has 4 nitrogen and oxygen atoms in total. The summed E-state index contributed by atoms with van der Waals surface area (Å²) in [6.07, 6.45) is 1.87. The van der Waals surface area contributed by atoms with Gasteiger partial charge in [0.2, 0.25) is 0 Å². The molecule has 5 heteroatoms. The first-order valence-corrected chi connectivity index (χ1v) is 11.6. The van der Waals surface area contributed by atoms with E-state index in [9.17, 15) is 4.39 Å². The van der Waals surface area contributed by atoms with E-state index in [2.05, 4.69) is 52.3 Å². The van der Waals surface area contributed by atoms with Crippen molar-refractivity contribution in [1.29, 1.82) is 0 Å². The zero-order valence-electron chi connectivity index (χ0n) is 19.5. The van der Waals surface area contributed by atoms with Crippen LogP contribution in [0.5, 0.6) is 11.5 Å². The van der Waals surface area contributed by atoms with Crippen LogP contribution < -0.4 is 9.47 Å². The molecule has 1 heterocycles. The maximum absolute atomic E-state index is 13.4. The second-order valence-corrected chi connectivity index (χ2v) is 8.57. The van der Waals surface area contributed by atoms with Gasteiger partial charge in [-0.3, -0.25) is 4.90 Å². The molecule has 0 aromatic heterocycles. The fourth-order valence-electron chi connectivity index (χ4n) is 4.60. The van der Waals surface area contributed by atoms with Crippen LogP contribution >= 0.6 is 0 Å². The van der Waals surface area contributed by atoms with Crippen LogP contribution in [0.1, 0.15) is 22.7 Å². The molecule has 3 aromatic carbocycles. The first-order valence-electron chi connectivity index (χ1n) is 11.6. The van der Waals surface area contributed by atoms with E-state index in [1.807, 2.05) is 18.2 Å². The van der Waals surface area contributed by atoms with Crippen LogP contribution in [0.3, 0.4) is 0 Å². The number of rotatable bonds is 9. The minimum atomic E-state index is -0.182. The lowest BCUT2D eigenvalue weighted by Crippen LogP contribution is -2.48. The molecule has 1 aliphatic heterocycles. The van der Waals surface area contributed by atoms with Gasteiger partial charge in [-0.25, -0.2) is 4.39 Å². The second-order valence-electron chi connectivity index (χ2n) is 8.57. The Morgan fingerprint density at radius 1 is 0.788 bits per heavy atom. The first-order chi connectivity index (χ1) is 16.2. The summed E-state index contributed by atoms with van der Waals surface area (Å²) in [6, 6.07) is 24.1. The third-order valence-electron chi connectivity index (χ3n) is 6.54. The van der Waals surface area contributed by atoms with Crippen molar-refractivity contribution in [2.45, 2.75) is 18.9 Å². The highest BCUT2D eigenvalue weighted by Crippen LogP contribution is 2.29. The normalized spacial score (nSPS) is 15.8. The van der Waals surface area contributed by atoms with Crippen molar-refractivity contribution in [3.8, 4) is 11.5 Å². The van der Waals surface area contributed by atoms with Crippen molar-refractivity contribution >= 4 is 0 Å². The molecule has 1 fully saturated rings. The number of ether oxygens (including phenoxy) is 2. The minimum absolute atomic E-state index is 0.182. The van der Waals surface area contributed by atoms with Gasteiger partial charge in [-0.1, -0.05) is 48.5 Å². The van der Waals surface area contributed by atoms with E-state index in [4.69, 9.17) is 9.47 Å². The highest BCUT2D eigenvalue weighted by atomic mass is 19.1. The van der Waals surface area contributed by atoms with E-state index in [0.29, 0.717) is 6.04 Å². The van der Waals surface area contributed by atoms with Gasteiger partial charge in [0.05, 0.1) is 14.2 Å². The van der Waals surface area contributed by atoms with Crippen molar-refractivity contribution < 1.29 is 13.9 Å². The molecule has 4 rings (SSSR count). The number of methoxy groups -OCH3 is 2. The standard InChI is InChI=1S/C28H33FN2O2/c1-32-27-13-10-23(21-28(27)33-2)14-15-30-16-18-31(19-17-30)26(24-6-4-3-5-7-24)20-22-8-11-25(29)12-9-22/h3-13,21,26H,14-20H2,1-2H3. The molecule has 0 saturated carbocycles. The molecule has 174 valence electrons. The van der Waals surface area contributed by atoms with Crippen LogP contribution in [0.25, 0.3) is 0 Å². The Bertz CT molecular complexity index is 1000. The van der Waals surface area contributed by atoms with Gasteiger partial charge in [0, 0.05) is 38.8 Å². The van der Waals surface area contributed by atoms with Crippen LogP contribution in [0, 0.1) is 5.82 Å². The number of halogens is 1. The van der Waals surface area contributed by atoms with Crippen LogP contribution in [0.4, 0.5) is 4.39 Å². The molecule has 1 aliphatic rings. The Morgan fingerprint density at radius 2 is 1.45 bits per heavy atom. The van der Waals surface area contributed by atoms with E-state index >= 15 is 0 Å². The third kappa shape index (κ3) is 6.12. The topological polar surface area (TPSA) is 24.9 Å². The molecular formula is C28H33FN2O2. The van der Waals surface area contributed by atoms with E-state index in [1.54, 1.807) is 26.4 Å². The molecule has 1 saturated heterocycles. The molecule has 0 spiro atoms. The predicted octanol–water partition coefficient (Wildman–Crippen LogP) is 4.99. The van der Waals surface area contributed by atoms with Crippen molar-refractivity contribution in [2.24, 2.45) is 0 Å². The summed E-state index contributed by atoms with van der Waals surface area (Å²) in [7, 11) is 3.34. The highest BCUT2D eigenvalue weighted by Gasteiger charge is 2.25. The van der Waals surface area contributed by atoms with Crippen LogP contribution in [-0.2, 0) is 12.8 Å². The van der Waals surface area contributed by atoms with E-state index < -0.39 is 0 Å². The van der Waals surface area contributed by atoms with Crippen molar-refractivity contribution in [2.75, 3.05) is 46.9 Å². The van der Waals surface area contributed by atoms with Gasteiger partial charge in [0.1, 0.15) is 5.82 Å². The largest absolute Gasteiger partial charge is 0.493 e. The number of benzene rings is 3. The molecule has 0 amide bonds. The zero-order chi connectivity index (χ0) is 23.0. The van der Waals surface area contributed by atoms with Crippen molar-refractivity contribution in [3.05, 3.63) is 95.3 Å². The Balaban J connectivity index is 1.36. The minimum Gasteiger partial charge on any atom is -0.493 e. The number of hydrogen-bond acceptors (Lipinski definition) is 4. The lowest BCUT2D eigenvalue weighted by molar-refractivity contribution is 0.0961. The number of piperazine rings is 1. The fourth-order valence-corrected chi connectivity index (χ4v) is 4.60. The first kappa shape index (κ1) is 23.3. The summed E-state index contributed by atoms with van der Waals surface area (Å²) in [5.74, 6) is 1.37. The van der Waals surface area contributed by atoms with E-state index in [0.717, 1.165) is 57.1 Å². The van der Waals surface area contributed by atoms with Crippen LogP contribution in [0.2, 0.25) is 0 Å². The molecule has 0 aliphatic carbocycles. The Labute approximate surface area is 196 Å². The fraction of sp³-hybridized carbons (Fsp3) is 0.357. The lowest BCUT2D eigenvalue weighted by Gasteiger charge is -2.39. The lowest BCUT2D eigenvalue weighted by atomic mass is 9.96. The van der Waals surface area contributed by atoms with E-state index in [1.165, 1.54) is 16.7 Å². The third-order valence-corrected chi connectivity index (χ3v) is 6.54. The van der Waals surface area contributed by atoms with Gasteiger partial charge < -0.3 is 14.4 Å². The average molecular weight is 449 g/mol. The highest BCUT2D eigenvalue weighted by molar-refractivity contribution is 5.43. The molecule has 0 N–H and O–H groups in total. The summed E-state index contributed by atoms with van der Waals surface area (Å²) in [5, 5.41) is 0. The Kier molecular flexibility index (Phi) is 7.97. The van der Waals surface area contributed by atoms with Crippen molar-refractivity contribution in [3.63, 3.8) is 0 Å². The Morgan fingerprint density at radius 3 is 2.12 bits per heavy atom. The SMILES string of the molecule is COc1ccc(CCN2CCN(C(Cc3ccc(F)cc3)c3ccccc3)CC2)cc1OC. The monoisotopic (exact) mass is 448 g/mol. The summed E-state index contributed by atoms with van der Waals surface area (Å²) in [6.45, 7) is 5.15. The van der Waals surface area contributed by atoms with Gasteiger partial charge in [-0.15, -0.1) is 0 Å². The molecule has 3 aromatic rings. The van der Waals surface area contributed by atoms with Crippen molar-refractivity contribution in [1.82, 2.24) is 9.80 Å². The zero-order valence-corrected chi connectivity index (χ0v) is 19.5. The smallest absolute Gasteiger partial charge is 0.160 e. The summed E-state index contributed by atoms with van der Waals surface area (Å²) < 4.78 is 24.2. The second kappa shape index (κ2) is 11.3. The quantitative estimate of drug-likeness (QED) is 0.461.